The number of carbonyl (C=O) groups is 2. The molecular formula is C21H21F3N4O2. The third kappa shape index (κ3) is 4.56. The molecule has 0 saturated carbocycles. The lowest BCUT2D eigenvalue weighted by Crippen LogP contribution is -2.55. The molecule has 1 aliphatic heterocycles. The third-order valence-electron chi connectivity index (χ3n) is 4.85. The first-order valence-corrected chi connectivity index (χ1v) is 9.19. The van der Waals surface area contributed by atoms with Gasteiger partial charge in [-0.25, -0.2) is 0 Å². The molecule has 0 aromatic heterocycles. The number of hydrogen-bond acceptors (Lipinski definition) is 4. The second kappa shape index (κ2) is 8.48. The number of nitrogens with two attached hydrogens (primary N) is 1. The number of amides is 2. The third-order valence-corrected chi connectivity index (χ3v) is 4.85. The SMILES string of the molecule is C=CC(=O)NCC1CN(c2ccc(C(F)(F)F)cc2)c2ccccc2N1CC(N)=O. The predicted octanol–water partition coefficient (Wildman–Crippen LogP) is 2.82. The Morgan fingerprint density at radius 3 is 2.33 bits per heavy atom. The number of hydrogen-bond donors (Lipinski definition) is 2. The first kappa shape index (κ1) is 21.2. The van der Waals surface area contributed by atoms with Gasteiger partial charge in [0, 0.05) is 18.8 Å². The molecule has 2 aromatic carbocycles. The number of nitrogens with zero attached hydrogens (tertiary/aromatic N) is 2. The fraction of sp³-hybridized carbons (Fsp3) is 0.238. The molecule has 9 heteroatoms. The van der Waals surface area contributed by atoms with E-state index in [2.05, 4.69) is 11.9 Å². The summed E-state index contributed by atoms with van der Waals surface area (Å²) < 4.78 is 38.8. The summed E-state index contributed by atoms with van der Waals surface area (Å²) in [6.07, 6.45) is -3.28. The van der Waals surface area contributed by atoms with Crippen molar-refractivity contribution in [3.05, 3.63) is 66.7 Å². The van der Waals surface area contributed by atoms with Gasteiger partial charge in [0.1, 0.15) is 0 Å². The van der Waals surface area contributed by atoms with Gasteiger partial charge < -0.3 is 20.9 Å². The Hall–Kier alpha value is -3.49. The van der Waals surface area contributed by atoms with Crippen LogP contribution < -0.4 is 20.9 Å². The number of anilines is 3. The van der Waals surface area contributed by atoms with Crippen LogP contribution in [0.1, 0.15) is 5.56 Å². The lowest BCUT2D eigenvalue weighted by atomic mass is 10.0. The molecule has 0 bridgehead atoms. The number of halogens is 3. The molecule has 158 valence electrons. The van der Waals surface area contributed by atoms with E-state index in [1.165, 1.54) is 12.1 Å². The maximum atomic E-state index is 12.9. The van der Waals surface area contributed by atoms with Crippen molar-refractivity contribution in [2.75, 3.05) is 29.4 Å². The smallest absolute Gasteiger partial charge is 0.368 e. The van der Waals surface area contributed by atoms with Gasteiger partial charge in [-0.15, -0.1) is 0 Å². The molecule has 0 fully saturated rings. The van der Waals surface area contributed by atoms with Gasteiger partial charge in [-0.3, -0.25) is 9.59 Å². The van der Waals surface area contributed by atoms with Crippen LogP contribution in [0.4, 0.5) is 30.2 Å². The summed E-state index contributed by atoms with van der Waals surface area (Å²) in [6, 6.07) is 11.7. The first-order valence-electron chi connectivity index (χ1n) is 9.19. The molecule has 0 spiro atoms. The quantitative estimate of drug-likeness (QED) is 0.708. The molecule has 1 unspecified atom stereocenters. The van der Waals surface area contributed by atoms with Crippen molar-refractivity contribution < 1.29 is 22.8 Å². The molecule has 2 amide bonds. The number of carbonyl (C=O) groups excluding carboxylic acids is 2. The molecule has 3 N–H and O–H groups in total. The van der Waals surface area contributed by atoms with Gasteiger partial charge in [0.25, 0.3) is 0 Å². The van der Waals surface area contributed by atoms with Crippen LogP contribution in [0.2, 0.25) is 0 Å². The molecule has 1 aliphatic rings. The highest BCUT2D eigenvalue weighted by Crippen LogP contribution is 2.40. The van der Waals surface area contributed by atoms with Crippen LogP contribution in [0.25, 0.3) is 0 Å². The molecule has 1 atom stereocenters. The van der Waals surface area contributed by atoms with Gasteiger partial charge in [0.05, 0.1) is 29.5 Å². The summed E-state index contributed by atoms with van der Waals surface area (Å²) in [7, 11) is 0. The van der Waals surface area contributed by atoms with Crippen LogP contribution in [0, 0.1) is 0 Å². The van der Waals surface area contributed by atoms with Crippen LogP contribution in [0.3, 0.4) is 0 Å². The first-order chi connectivity index (χ1) is 14.2. The standard InChI is InChI=1S/C21H21F3N4O2/c1-2-20(30)26-11-16-12-27(15-9-7-14(8-10-15)21(22,23)24)17-5-3-4-6-18(17)28(16)13-19(25)29/h2-10,16H,1,11-13H2,(H2,25,29)(H,26,30). The van der Waals surface area contributed by atoms with Crippen molar-refractivity contribution in [3.63, 3.8) is 0 Å². The highest BCUT2D eigenvalue weighted by Gasteiger charge is 2.33. The van der Waals surface area contributed by atoms with E-state index in [0.717, 1.165) is 23.9 Å². The Kier molecular flexibility index (Phi) is 6.00. The van der Waals surface area contributed by atoms with Crippen LogP contribution in [0.5, 0.6) is 0 Å². The van der Waals surface area contributed by atoms with E-state index in [9.17, 15) is 22.8 Å². The Labute approximate surface area is 171 Å². The fourth-order valence-electron chi connectivity index (χ4n) is 3.46. The van der Waals surface area contributed by atoms with Gasteiger partial charge in [0.15, 0.2) is 0 Å². The van der Waals surface area contributed by atoms with Crippen molar-refractivity contribution in [3.8, 4) is 0 Å². The Morgan fingerprint density at radius 2 is 1.77 bits per heavy atom. The predicted molar refractivity (Wildman–Crippen MR) is 108 cm³/mol. The summed E-state index contributed by atoms with van der Waals surface area (Å²) in [5.41, 5.74) is 6.67. The lowest BCUT2D eigenvalue weighted by Gasteiger charge is -2.44. The number of benzene rings is 2. The fourth-order valence-corrected chi connectivity index (χ4v) is 3.46. The molecule has 6 nitrogen and oxygen atoms in total. The maximum Gasteiger partial charge on any atom is 0.416 e. The second-order valence-corrected chi connectivity index (χ2v) is 6.84. The van der Waals surface area contributed by atoms with E-state index in [0.29, 0.717) is 17.9 Å². The number of primary amides is 1. The number of para-hydroxylation sites is 2. The summed E-state index contributed by atoms with van der Waals surface area (Å²) in [4.78, 5) is 27.0. The Bertz CT molecular complexity index is 944. The minimum absolute atomic E-state index is 0.0630. The van der Waals surface area contributed by atoms with E-state index < -0.39 is 17.6 Å². The molecule has 2 aromatic rings. The number of rotatable bonds is 6. The molecule has 30 heavy (non-hydrogen) atoms. The van der Waals surface area contributed by atoms with Gasteiger partial charge in [-0.1, -0.05) is 18.7 Å². The number of fused-ring (bicyclic) bond motifs is 1. The Balaban J connectivity index is 1.99. The van der Waals surface area contributed by atoms with Gasteiger partial charge in [0.2, 0.25) is 11.8 Å². The van der Waals surface area contributed by atoms with Crippen LogP contribution >= 0.6 is 0 Å². The monoisotopic (exact) mass is 418 g/mol. The number of alkyl halides is 3. The molecule has 3 rings (SSSR count). The van der Waals surface area contributed by atoms with Gasteiger partial charge in [-0.05, 0) is 42.5 Å². The van der Waals surface area contributed by atoms with Crippen LogP contribution in [-0.4, -0.2) is 37.5 Å². The average molecular weight is 418 g/mol. The van der Waals surface area contributed by atoms with Crippen LogP contribution in [-0.2, 0) is 15.8 Å². The molecule has 1 heterocycles. The summed E-state index contributed by atoms with van der Waals surface area (Å²) in [5, 5.41) is 2.71. The van der Waals surface area contributed by atoms with Crippen molar-refractivity contribution in [1.29, 1.82) is 0 Å². The molecule has 0 aliphatic carbocycles. The minimum atomic E-state index is -4.42. The van der Waals surface area contributed by atoms with Crippen molar-refractivity contribution in [2.45, 2.75) is 12.2 Å². The van der Waals surface area contributed by atoms with Crippen molar-refractivity contribution in [2.24, 2.45) is 5.73 Å². The normalized spacial score (nSPS) is 16.0. The van der Waals surface area contributed by atoms with Gasteiger partial charge >= 0.3 is 6.18 Å². The zero-order valence-electron chi connectivity index (χ0n) is 16.0. The highest BCUT2D eigenvalue weighted by molar-refractivity contribution is 5.88. The molecule has 0 saturated heterocycles. The van der Waals surface area contributed by atoms with Crippen molar-refractivity contribution in [1.82, 2.24) is 5.32 Å². The molecular weight excluding hydrogens is 397 g/mol. The topological polar surface area (TPSA) is 78.7 Å². The lowest BCUT2D eigenvalue weighted by molar-refractivity contribution is -0.137. The van der Waals surface area contributed by atoms with E-state index in [1.54, 1.807) is 23.1 Å². The summed E-state index contributed by atoms with van der Waals surface area (Å²) >= 11 is 0. The van der Waals surface area contributed by atoms with Crippen molar-refractivity contribution >= 4 is 28.9 Å². The average Bonchev–Trinajstić information content (AvgIpc) is 2.72. The van der Waals surface area contributed by atoms with E-state index in [1.807, 2.05) is 11.0 Å². The zero-order valence-corrected chi connectivity index (χ0v) is 16.0. The summed E-state index contributed by atoms with van der Waals surface area (Å²) in [5.74, 6) is -0.901. The van der Waals surface area contributed by atoms with Gasteiger partial charge in [-0.2, -0.15) is 13.2 Å². The maximum absolute atomic E-state index is 12.9. The highest BCUT2D eigenvalue weighted by atomic mass is 19.4. The second-order valence-electron chi connectivity index (χ2n) is 6.84. The number of nitrogens with one attached hydrogen (secondary N) is 1. The zero-order chi connectivity index (χ0) is 21.9. The molecule has 0 radical (unpaired) electrons. The van der Waals surface area contributed by atoms with Crippen LogP contribution in [0.15, 0.2) is 61.2 Å². The van der Waals surface area contributed by atoms with E-state index in [4.69, 9.17) is 5.73 Å². The summed E-state index contributed by atoms with van der Waals surface area (Å²) in [6.45, 7) is 3.88. The van der Waals surface area contributed by atoms with E-state index in [-0.39, 0.29) is 25.0 Å². The van der Waals surface area contributed by atoms with E-state index >= 15 is 0 Å². The Morgan fingerprint density at radius 1 is 1.13 bits per heavy atom. The largest absolute Gasteiger partial charge is 0.416 e. The minimum Gasteiger partial charge on any atom is -0.368 e.